The molecule has 4 rings (SSSR count). The molecule has 3 aromatic carbocycles. The predicted molar refractivity (Wildman–Crippen MR) is 158 cm³/mol. The van der Waals surface area contributed by atoms with Crippen LogP contribution in [-0.4, -0.2) is 29.8 Å². The van der Waals surface area contributed by atoms with Crippen LogP contribution >= 0.6 is 0 Å². The second kappa shape index (κ2) is 13.3. The maximum atomic E-state index is 12.3. The molecule has 0 N–H and O–H groups in total. The van der Waals surface area contributed by atoms with Crippen LogP contribution in [0.3, 0.4) is 0 Å². The van der Waals surface area contributed by atoms with E-state index < -0.39 is 5.60 Å². The molecule has 40 heavy (non-hydrogen) atoms. The number of benzene rings is 3. The molecular formula is C34H39NO5. The lowest BCUT2D eigenvalue weighted by Gasteiger charge is -2.24. The molecule has 0 saturated carbocycles. The van der Waals surface area contributed by atoms with Crippen molar-refractivity contribution in [3.63, 3.8) is 0 Å². The average molecular weight is 542 g/mol. The lowest BCUT2D eigenvalue weighted by molar-refractivity contribution is -0.158. The van der Waals surface area contributed by atoms with Crippen molar-refractivity contribution in [1.29, 1.82) is 0 Å². The molecule has 6 nitrogen and oxygen atoms in total. The third-order valence-electron chi connectivity index (χ3n) is 6.68. The van der Waals surface area contributed by atoms with Crippen molar-refractivity contribution < 1.29 is 23.4 Å². The normalized spacial score (nSPS) is 11.3. The minimum atomic E-state index is -1.08. The van der Waals surface area contributed by atoms with Gasteiger partial charge in [0.15, 0.2) is 5.60 Å². The van der Waals surface area contributed by atoms with Gasteiger partial charge in [0, 0.05) is 12.0 Å². The third kappa shape index (κ3) is 7.32. The second-order valence-electron chi connectivity index (χ2n) is 10.3. The molecular weight excluding hydrogens is 502 g/mol. The summed E-state index contributed by atoms with van der Waals surface area (Å²) in [6, 6.07) is 24.2. The zero-order valence-corrected chi connectivity index (χ0v) is 24.2. The summed E-state index contributed by atoms with van der Waals surface area (Å²) < 4.78 is 23.4. The van der Waals surface area contributed by atoms with Crippen molar-refractivity contribution in [3.8, 4) is 34.1 Å². The van der Waals surface area contributed by atoms with E-state index in [2.05, 4.69) is 31.2 Å². The molecule has 210 valence electrons. The minimum absolute atomic E-state index is 0.312. The molecule has 0 atom stereocenters. The van der Waals surface area contributed by atoms with E-state index in [0.29, 0.717) is 31.3 Å². The van der Waals surface area contributed by atoms with Gasteiger partial charge in [-0.1, -0.05) is 55.8 Å². The molecule has 0 radical (unpaired) electrons. The van der Waals surface area contributed by atoms with Crippen LogP contribution in [0.5, 0.6) is 11.5 Å². The Labute approximate surface area is 237 Å². The SMILES string of the molecule is CCCCc1cc(OC(C)(C)C(=O)OCC)ccc1OCCc1nc(-c2cccc(-c3ccccc3)c2)oc1C. The Kier molecular flexibility index (Phi) is 9.65. The molecule has 0 saturated heterocycles. The molecule has 0 aliphatic carbocycles. The van der Waals surface area contributed by atoms with Gasteiger partial charge in [-0.15, -0.1) is 0 Å². The van der Waals surface area contributed by atoms with Crippen molar-refractivity contribution in [2.45, 2.75) is 65.9 Å². The minimum Gasteiger partial charge on any atom is -0.493 e. The van der Waals surface area contributed by atoms with Gasteiger partial charge in [0.05, 0.1) is 18.9 Å². The maximum absolute atomic E-state index is 12.3. The quantitative estimate of drug-likeness (QED) is 0.160. The highest BCUT2D eigenvalue weighted by Gasteiger charge is 2.31. The van der Waals surface area contributed by atoms with Crippen molar-refractivity contribution in [1.82, 2.24) is 4.98 Å². The lowest BCUT2D eigenvalue weighted by Crippen LogP contribution is -2.39. The summed E-state index contributed by atoms with van der Waals surface area (Å²) >= 11 is 0. The second-order valence-corrected chi connectivity index (χ2v) is 10.3. The Bertz CT molecular complexity index is 1410. The first-order valence-electron chi connectivity index (χ1n) is 14.0. The Balaban J connectivity index is 1.44. The van der Waals surface area contributed by atoms with E-state index in [-0.39, 0.29) is 5.97 Å². The molecule has 6 heteroatoms. The summed E-state index contributed by atoms with van der Waals surface area (Å²) in [4.78, 5) is 17.1. The van der Waals surface area contributed by atoms with Crippen LogP contribution in [0.4, 0.5) is 0 Å². The highest BCUT2D eigenvalue weighted by atomic mass is 16.6. The van der Waals surface area contributed by atoms with E-state index in [1.807, 2.05) is 55.5 Å². The molecule has 0 bridgehead atoms. The molecule has 0 unspecified atom stereocenters. The molecule has 4 aromatic rings. The summed E-state index contributed by atoms with van der Waals surface area (Å²) in [6.07, 6.45) is 3.56. The van der Waals surface area contributed by atoms with Gasteiger partial charge in [-0.2, -0.15) is 0 Å². The molecule has 0 spiro atoms. The Morgan fingerprint density at radius 3 is 2.40 bits per heavy atom. The first-order valence-corrected chi connectivity index (χ1v) is 14.0. The van der Waals surface area contributed by atoms with E-state index in [1.54, 1.807) is 20.8 Å². The van der Waals surface area contributed by atoms with Gasteiger partial charge in [-0.05, 0) is 87.6 Å². The van der Waals surface area contributed by atoms with Crippen LogP contribution in [0.15, 0.2) is 77.2 Å². The monoisotopic (exact) mass is 541 g/mol. The number of esters is 1. The zero-order valence-electron chi connectivity index (χ0n) is 24.2. The van der Waals surface area contributed by atoms with E-state index in [1.165, 1.54) is 0 Å². The van der Waals surface area contributed by atoms with Gasteiger partial charge in [0.2, 0.25) is 5.89 Å². The molecule has 1 heterocycles. The van der Waals surface area contributed by atoms with Crippen LogP contribution in [0.2, 0.25) is 0 Å². The number of rotatable bonds is 13. The highest BCUT2D eigenvalue weighted by molar-refractivity contribution is 5.79. The first kappa shape index (κ1) is 28.9. The molecule has 0 aliphatic rings. The number of unbranched alkanes of at least 4 members (excludes halogenated alkanes) is 1. The molecule has 1 aromatic heterocycles. The molecule has 0 aliphatic heterocycles. The van der Waals surface area contributed by atoms with E-state index >= 15 is 0 Å². The van der Waals surface area contributed by atoms with Crippen molar-refractivity contribution in [3.05, 3.63) is 89.8 Å². The fraction of sp³-hybridized carbons (Fsp3) is 0.353. The summed E-state index contributed by atoms with van der Waals surface area (Å²) in [5.74, 6) is 2.44. The number of aromatic nitrogens is 1. The van der Waals surface area contributed by atoms with Crippen LogP contribution < -0.4 is 9.47 Å². The van der Waals surface area contributed by atoms with Gasteiger partial charge >= 0.3 is 5.97 Å². The Morgan fingerprint density at radius 1 is 0.900 bits per heavy atom. The zero-order chi connectivity index (χ0) is 28.5. The van der Waals surface area contributed by atoms with Crippen molar-refractivity contribution >= 4 is 5.97 Å². The van der Waals surface area contributed by atoms with Crippen molar-refractivity contribution in [2.75, 3.05) is 13.2 Å². The number of ether oxygens (including phenoxy) is 3. The lowest BCUT2D eigenvalue weighted by atomic mass is 10.0. The van der Waals surface area contributed by atoms with Gasteiger partial charge < -0.3 is 18.6 Å². The van der Waals surface area contributed by atoms with Gasteiger partial charge in [-0.3, -0.25) is 0 Å². The van der Waals surface area contributed by atoms with Crippen molar-refractivity contribution in [2.24, 2.45) is 0 Å². The van der Waals surface area contributed by atoms with Crippen LogP contribution in [0.25, 0.3) is 22.6 Å². The molecule has 0 amide bonds. The van der Waals surface area contributed by atoms with E-state index in [0.717, 1.165) is 58.7 Å². The van der Waals surface area contributed by atoms with Gasteiger partial charge in [0.1, 0.15) is 17.3 Å². The van der Waals surface area contributed by atoms with Gasteiger partial charge in [0.25, 0.3) is 0 Å². The number of carbonyl (C=O) groups is 1. The highest BCUT2D eigenvalue weighted by Crippen LogP contribution is 2.30. The number of aryl methyl sites for hydroxylation is 2. The van der Waals surface area contributed by atoms with Crippen LogP contribution in [0, 0.1) is 6.92 Å². The standard InChI is InChI=1S/C34H39NO5/c1-6-8-13-27-23-29(40-34(4,5)33(36)37-7-2)18-19-31(27)38-21-20-30-24(3)39-32(35-30)28-17-12-16-26(22-28)25-14-10-9-11-15-25/h9-12,14-19,22-23H,6-8,13,20-21H2,1-5H3. The third-order valence-corrected chi connectivity index (χ3v) is 6.68. The van der Waals surface area contributed by atoms with Crippen LogP contribution in [0.1, 0.15) is 57.6 Å². The maximum Gasteiger partial charge on any atom is 0.349 e. The Hall–Kier alpha value is -4.06. The largest absolute Gasteiger partial charge is 0.493 e. The fourth-order valence-corrected chi connectivity index (χ4v) is 4.47. The van der Waals surface area contributed by atoms with E-state index in [4.69, 9.17) is 23.6 Å². The predicted octanol–water partition coefficient (Wildman–Crippen LogP) is 8.00. The fourth-order valence-electron chi connectivity index (χ4n) is 4.47. The Morgan fingerprint density at radius 2 is 1.65 bits per heavy atom. The molecule has 0 fully saturated rings. The average Bonchev–Trinajstić information content (AvgIpc) is 3.33. The number of hydrogen-bond donors (Lipinski definition) is 0. The summed E-state index contributed by atoms with van der Waals surface area (Å²) in [5, 5.41) is 0. The van der Waals surface area contributed by atoms with Crippen LogP contribution in [-0.2, 0) is 22.4 Å². The summed E-state index contributed by atoms with van der Waals surface area (Å²) in [6.45, 7) is 10.1. The summed E-state index contributed by atoms with van der Waals surface area (Å²) in [5.41, 5.74) is 4.07. The number of nitrogens with zero attached hydrogens (tertiary/aromatic N) is 1. The number of oxazole rings is 1. The number of hydrogen-bond acceptors (Lipinski definition) is 6. The van der Waals surface area contributed by atoms with E-state index in [9.17, 15) is 4.79 Å². The first-order chi connectivity index (χ1) is 19.3. The topological polar surface area (TPSA) is 70.8 Å². The smallest absolute Gasteiger partial charge is 0.349 e. The summed E-state index contributed by atoms with van der Waals surface area (Å²) in [7, 11) is 0. The number of carbonyl (C=O) groups excluding carboxylic acids is 1. The van der Waals surface area contributed by atoms with Gasteiger partial charge in [-0.25, -0.2) is 9.78 Å².